The van der Waals surface area contributed by atoms with Crippen LogP contribution in [0.2, 0.25) is 0 Å². The highest BCUT2D eigenvalue weighted by molar-refractivity contribution is 5.92. The second-order valence-corrected chi connectivity index (χ2v) is 6.42. The average Bonchev–Trinajstić information content (AvgIpc) is 3.05. The van der Waals surface area contributed by atoms with Gasteiger partial charge in [-0.2, -0.15) is 0 Å². The lowest BCUT2D eigenvalue weighted by molar-refractivity contribution is 0.0721. The second kappa shape index (κ2) is 5.20. The Labute approximate surface area is 119 Å². The van der Waals surface area contributed by atoms with Crippen LogP contribution in [0.25, 0.3) is 0 Å². The maximum Gasteiger partial charge on any atom is 0.276 e. The molecule has 1 aromatic rings. The molecule has 110 valence electrons. The number of aryl methyl sites for hydroxylation is 1. The van der Waals surface area contributed by atoms with Crippen molar-refractivity contribution in [3.05, 3.63) is 17.5 Å². The summed E-state index contributed by atoms with van der Waals surface area (Å²) in [6, 6.07) is 2.63. The number of aromatic nitrogens is 1. The molecular weight excluding hydrogens is 254 g/mol. The minimum absolute atomic E-state index is 0.0285. The van der Waals surface area contributed by atoms with Crippen molar-refractivity contribution in [2.75, 3.05) is 19.6 Å². The van der Waals surface area contributed by atoms with Crippen molar-refractivity contribution in [2.45, 2.75) is 45.7 Å². The summed E-state index contributed by atoms with van der Waals surface area (Å²) in [6.45, 7) is 9.40. The first kappa shape index (κ1) is 13.6. The molecule has 1 amide bonds. The molecule has 3 rings (SSSR count). The van der Waals surface area contributed by atoms with Crippen molar-refractivity contribution >= 4 is 5.91 Å². The van der Waals surface area contributed by atoms with Crippen molar-refractivity contribution in [1.82, 2.24) is 15.0 Å². The molecule has 3 heterocycles. The van der Waals surface area contributed by atoms with Gasteiger partial charge in [-0.1, -0.05) is 19.0 Å². The molecule has 0 N–H and O–H groups in total. The van der Waals surface area contributed by atoms with E-state index in [4.69, 9.17) is 4.52 Å². The lowest BCUT2D eigenvalue weighted by Crippen LogP contribution is -2.40. The molecule has 2 aliphatic rings. The van der Waals surface area contributed by atoms with E-state index in [0.29, 0.717) is 29.5 Å². The summed E-state index contributed by atoms with van der Waals surface area (Å²) in [7, 11) is 0. The van der Waals surface area contributed by atoms with Crippen molar-refractivity contribution in [1.29, 1.82) is 0 Å². The Balaban J connectivity index is 1.70. The van der Waals surface area contributed by atoms with E-state index in [9.17, 15) is 4.79 Å². The molecule has 5 nitrogen and oxygen atoms in total. The molecule has 0 saturated carbocycles. The average molecular weight is 277 g/mol. The number of likely N-dealkylation sites (tertiary alicyclic amines) is 2. The fourth-order valence-electron chi connectivity index (χ4n) is 3.64. The molecule has 0 aromatic carbocycles. The standard InChI is InChI=1S/C15H23N3O2/c1-10(2)9-17-6-4-14-13(17)5-7-18(14)15(19)12-8-11(3)20-16-12/h8,10,13-14H,4-7,9H2,1-3H3/t13-,14+/m0/s1. The highest BCUT2D eigenvalue weighted by Gasteiger charge is 2.44. The number of carbonyl (C=O) groups is 1. The fourth-order valence-corrected chi connectivity index (χ4v) is 3.64. The van der Waals surface area contributed by atoms with E-state index in [1.165, 1.54) is 0 Å². The van der Waals surface area contributed by atoms with Crippen LogP contribution in [-0.4, -0.2) is 52.6 Å². The summed E-state index contributed by atoms with van der Waals surface area (Å²) in [5.41, 5.74) is 0.449. The van der Waals surface area contributed by atoms with Gasteiger partial charge in [-0.25, -0.2) is 0 Å². The Hall–Kier alpha value is -1.36. The number of carbonyl (C=O) groups excluding carboxylic acids is 1. The zero-order chi connectivity index (χ0) is 14.3. The first-order chi connectivity index (χ1) is 9.56. The van der Waals surface area contributed by atoms with E-state index in [-0.39, 0.29) is 5.91 Å². The Morgan fingerprint density at radius 3 is 2.80 bits per heavy atom. The Morgan fingerprint density at radius 1 is 1.40 bits per heavy atom. The van der Waals surface area contributed by atoms with E-state index in [1.54, 1.807) is 6.07 Å². The van der Waals surface area contributed by atoms with Gasteiger partial charge < -0.3 is 9.42 Å². The number of fused-ring (bicyclic) bond motifs is 1. The first-order valence-corrected chi connectivity index (χ1v) is 7.54. The van der Waals surface area contributed by atoms with Crippen LogP contribution in [0.5, 0.6) is 0 Å². The number of nitrogens with zero attached hydrogens (tertiary/aromatic N) is 3. The predicted molar refractivity (Wildman–Crippen MR) is 75.5 cm³/mol. The molecule has 0 spiro atoms. The van der Waals surface area contributed by atoms with Gasteiger partial charge in [0.1, 0.15) is 5.76 Å². The quantitative estimate of drug-likeness (QED) is 0.847. The van der Waals surface area contributed by atoms with Gasteiger partial charge in [0.15, 0.2) is 5.69 Å². The molecular formula is C15H23N3O2. The lowest BCUT2D eigenvalue weighted by atomic mass is 10.1. The summed E-state index contributed by atoms with van der Waals surface area (Å²) in [5.74, 6) is 1.40. The van der Waals surface area contributed by atoms with Gasteiger partial charge >= 0.3 is 0 Å². The van der Waals surface area contributed by atoms with Crippen molar-refractivity contribution < 1.29 is 9.32 Å². The molecule has 2 aliphatic heterocycles. The fraction of sp³-hybridized carbons (Fsp3) is 0.733. The van der Waals surface area contributed by atoms with Gasteiger partial charge in [-0.3, -0.25) is 9.69 Å². The van der Waals surface area contributed by atoms with Gasteiger partial charge in [0, 0.05) is 37.8 Å². The number of hydrogen-bond donors (Lipinski definition) is 0. The monoisotopic (exact) mass is 277 g/mol. The summed E-state index contributed by atoms with van der Waals surface area (Å²) in [6.07, 6.45) is 2.17. The minimum atomic E-state index is 0.0285. The van der Waals surface area contributed by atoms with E-state index in [1.807, 2.05) is 11.8 Å². The number of hydrogen-bond acceptors (Lipinski definition) is 4. The molecule has 0 bridgehead atoms. The molecule has 1 aromatic heterocycles. The molecule has 2 fully saturated rings. The van der Waals surface area contributed by atoms with E-state index < -0.39 is 0 Å². The van der Waals surface area contributed by atoms with Crippen LogP contribution < -0.4 is 0 Å². The third-order valence-electron chi connectivity index (χ3n) is 4.40. The van der Waals surface area contributed by atoms with Crippen LogP contribution in [0, 0.1) is 12.8 Å². The maximum atomic E-state index is 12.5. The zero-order valence-corrected chi connectivity index (χ0v) is 12.5. The summed E-state index contributed by atoms with van der Waals surface area (Å²) < 4.78 is 5.02. The second-order valence-electron chi connectivity index (χ2n) is 6.42. The highest BCUT2D eigenvalue weighted by atomic mass is 16.5. The Bertz CT molecular complexity index is 497. The smallest absolute Gasteiger partial charge is 0.276 e. The molecule has 5 heteroatoms. The zero-order valence-electron chi connectivity index (χ0n) is 12.5. The third-order valence-corrected chi connectivity index (χ3v) is 4.40. The van der Waals surface area contributed by atoms with Crippen molar-refractivity contribution in [2.24, 2.45) is 5.92 Å². The normalized spacial score (nSPS) is 26.5. The van der Waals surface area contributed by atoms with Crippen LogP contribution >= 0.6 is 0 Å². The lowest BCUT2D eigenvalue weighted by Gasteiger charge is -2.26. The molecule has 2 saturated heterocycles. The van der Waals surface area contributed by atoms with Crippen LogP contribution in [-0.2, 0) is 0 Å². The minimum Gasteiger partial charge on any atom is -0.361 e. The number of amides is 1. The van der Waals surface area contributed by atoms with Crippen LogP contribution in [0.15, 0.2) is 10.6 Å². The van der Waals surface area contributed by atoms with E-state index in [2.05, 4.69) is 23.9 Å². The number of rotatable bonds is 3. The first-order valence-electron chi connectivity index (χ1n) is 7.54. The third kappa shape index (κ3) is 2.35. The molecule has 20 heavy (non-hydrogen) atoms. The van der Waals surface area contributed by atoms with Gasteiger partial charge in [0.05, 0.1) is 0 Å². The Kier molecular flexibility index (Phi) is 3.54. The Morgan fingerprint density at radius 2 is 2.15 bits per heavy atom. The van der Waals surface area contributed by atoms with E-state index >= 15 is 0 Å². The predicted octanol–water partition coefficient (Wildman–Crippen LogP) is 1.93. The van der Waals surface area contributed by atoms with Crippen LogP contribution in [0.3, 0.4) is 0 Å². The topological polar surface area (TPSA) is 49.6 Å². The van der Waals surface area contributed by atoms with Crippen LogP contribution in [0.4, 0.5) is 0 Å². The molecule has 0 radical (unpaired) electrons. The van der Waals surface area contributed by atoms with Crippen LogP contribution in [0.1, 0.15) is 42.9 Å². The molecule has 0 aliphatic carbocycles. The summed E-state index contributed by atoms with van der Waals surface area (Å²) in [4.78, 5) is 17.1. The van der Waals surface area contributed by atoms with Gasteiger partial charge in [0.2, 0.25) is 0 Å². The SMILES string of the molecule is Cc1cc(C(=O)N2CC[C@H]3[C@H]2CCN3CC(C)C)no1. The molecule has 0 unspecified atom stereocenters. The van der Waals surface area contributed by atoms with Gasteiger partial charge in [-0.05, 0) is 25.7 Å². The summed E-state index contributed by atoms with van der Waals surface area (Å²) >= 11 is 0. The van der Waals surface area contributed by atoms with Gasteiger partial charge in [-0.15, -0.1) is 0 Å². The highest BCUT2D eigenvalue weighted by Crippen LogP contribution is 2.32. The molecule has 2 atom stereocenters. The van der Waals surface area contributed by atoms with Crippen molar-refractivity contribution in [3.8, 4) is 0 Å². The van der Waals surface area contributed by atoms with E-state index in [0.717, 1.165) is 32.5 Å². The summed E-state index contributed by atoms with van der Waals surface area (Å²) in [5, 5.41) is 3.86. The maximum absolute atomic E-state index is 12.5. The largest absolute Gasteiger partial charge is 0.361 e. The van der Waals surface area contributed by atoms with Gasteiger partial charge in [0.25, 0.3) is 5.91 Å². The van der Waals surface area contributed by atoms with Crippen molar-refractivity contribution in [3.63, 3.8) is 0 Å².